The molecule has 0 spiro atoms. The molecule has 7 nitrogen and oxygen atoms in total. The van der Waals surface area contributed by atoms with Gasteiger partial charge in [0, 0.05) is 58.6 Å². The lowest BCUT2D eigenvalue weighted by Gasteiger charge is -2.31. The van der Waals surface area contributed by atoms with Gasteiger partial charge in [-0.3, -0.25) is 4.79 Å². The maximum absolute atomic E-state index is 13.2. The normalized spacial score (nSPS) is 20.5. The van der Waals surface area contributed by atoms with E-state index < -0.39 is 0 Å². The maximum atomic E-state index is 13.2. The largest absolute Gasteiger partial charge is 0.467 e. The summed E-state index contributed by atoms with van der Waals surface area (Å²) in [6, 6.07) is 4.22. The van der Waals surface area contributed by atoms with Crippen LogP contribution in [0.2, 0.25) is 10.0 Å². The van der Waals surface area contributed by atoms with Crippen LogP contribution in [0.5, 0.6) is 6.01 Å². The molecule has 1 aromatic carbocycles. The van der Waals surface area contributed by atoms with Crippen molar-refractivity contribution in [3.05, 3.63) is 57.9 Å². The van der Waals surface area contributed by atoms with E-state index in [1.165, 1.54) is 12.8 Å². The molecule has 32 heavy (non-hydrogen) atoms. The number of fused-ring (bicyclic) bond motifs is 1. The zero-order valence-corrected chi connectivity index (χ0v) is 19.2. The molecule has 1 N–H and O–H groups in total. The Morgan fingerprint density at radius 3 is 2.59 bits per heavy atom. The third kappa shape index (κ3) is 3.95. The molecular weight excluding hydrogens is 449 g/mol. The molecule has 1 aliphatic carbocycles. The molecule has 2 aromatic heterocycles. The third-order valence-corrected chi connectivity index (χ3v) is 7.17. The highest BCUT2D eigenvalue weighted by molar-refractivity contribution is 6.36. The summed E-state index contributed by atoms with van der Waals surface area (Å²) in [5, 5.41) is 1.10. The number of aryl methyl sites for hydroxylation is 1. The summed E-state index contributed by atoms with van der Waals surface area (Å²) in [6.07, 6.45) is 9.14. The Labute approximate surface area is 196 Å². The number of methoxy groups -OCH3 is 1. The summed E-state index contributed by atoms with van der Waals surface area (Å²) < 4.78 is 5.01. The van der Waals surface area contributed by atoms with Gasteiger partial charge in [-0.05, 0) is 48.9 Å². The van der Waals surface area contributed by atoms with Crippen molar-refractivity contribution < 1.29 is 9.53 Å². The number of hydrogen-bond acceptors (Lipinski definition) is 5. The second-order valence-electron chi connectivity index (χ2n) is 8.32. The number of halogens is 2. The van der Waals surface area contributed by atoms with Crippen LogP contribution in [0.4, 0.5) is 0 Å². The van der Waals surface area contributed by atoms with E-state index in [0.29, 0.717) is 22.5 Å². The van der Waals surface area contributed by atoms with Crippen LogP contribution in [-0.4, -0.2) is 50.4 Å². The number of amides is 1. The van der Waals surface area contributed by atoms with Crippen LogP contribution >= 0.6 is 23.2 Å². The van der Waals surface area contributed by atoms with Crippen LogP contribution in [-0.2, 0) is 24.1 Å². The lowest BCUT2D eigenvalue weighted by Crippen LogP contribution is -2.41. The average Bonchev–Trinajstić information content (AvgIpc) is 3.42. The highest BCUT2D eigenvalue weighted by Gasteiger charge is 2.38. The van der Waals surface area contributed by atoms with E-state index >= 15 is 0 Å². The van der Waals surface area contributed by atoms with Crippen molar-refractivity contribution in [2.24, 2.45) is 5.92 Å². The molecule has 2 atom stereocenters. The van der Waals surface area contributed by atoms with Gasteiger partial charge in [-0.15, -0.1) is 0 Å². The van der Waals surface area contributed by atoms with Crippen molar-refractivity contribution in [2.75, 3.05) is 13.7 Å². The number of nitrogens with zero attached hydrogens (tertiary/aromatic N) is 4. The molecule has 1 amide bonds. The number of rotatable bonds is 5. The van der Waals surface area contributed by atoms with E-state index in [-0.39, 0.29) is 17.9 Å². The molecular formula is C23H23Cl2N5O2. The molecule has 0 bridgehead atoms. The second-order valence-corrected chi connectivity index (χ2v) is 9.14. The van der Waals surface area contributed by atoms with Crippen LogP contribution < -0.4 is 4.74 Å². The Balaban J connectivity index is 1.30. The van der Waals surface area contributed by atoms with E-state index in [1.54, 1.807) is 18.7 Å². The molecule has 0 saturated carbocycles. The lowest BCUT2D eigenvalue weighted by molar-refractivity contribution is -0.133. The minimum atomic E-state index is -0.110. The van der Waals surface area contributed by atoms with Crippen LogP contribution in [0, 0.1) is 5.92 Å². The van der Waals surface area contributed by atoms with E-state index in [9.17, 15) is 4.79 Å². The number of aromatic nitrogens is 4. The summed E-state index contributed by atoms with van der Waals surface area (Å²) >= 11 is 13.2. The first-order chi connectivity index (χ1) is 15.5. The number of carbonyl (C=O) groups excluding carboxylic acids is 1. The van der Waals surface area contributed by atoms with Crippen molar-refractivity contribution in [2.45, 2.75) is 38.1 Å². The first kappa shape index (κ1) is 21.2. The fraction of sp³-hybridized carbons (Fsp3) is 0.391. The van der Waals surface area contributed by atoms with Crippen LogP contribution in [0.25, 0.3) is 11.1 Å². The van der Waals surface area contributed by atoms with Gasteiger partial charge >= 0.3 is 6.01 Å². The molecule has 1 saturated heterocycles. The van der Waals surface area contributed by atoms with Crippen LogP contribution in [0.3, 0.4) is 0 Å². The predicted molar refractivity (Wildman–Crippen MR) is 122 cm³/mol. The van der Waals surface area contributed by atoms with Crippen LogP contribution in [0.1, 0.15) is 29.8 Å². The molecule has 166 valence electrons. The fourth-order valence-corrected chi connectivity index (χ4v) is 5.38. The van der Waals surface area contributed by atoms with Gasteiger partial charge in [-0.2, -0.15) is 0 Å². The van der Waals surface area contributed by atoms with E-state index in [1.807, 2.05) is 17.0 Å². The summed E-state index contributed by atoms with van der Waals surface area (Å²) in [5.41, 5.74) is 4.71. The monoisotopic (exact) mass is 471 g/mol. The van der Waals surface area contributed by atoms with Gasteiger partial charge in [-0.25, -0.2) is 15.0 Å². The maximum Gasteiger partial charge on any atom is 0.316 e. The van der Waals surface area contributed by atoms with E-state index in [2.05, 4.69) is 19.9 Å². The topological polar surface area (TPSA) is 84.0 Å². The molecule has 1 unspecified atom stereocenters. The number of H-pyrrole nitrogens is 1. The van der Waals surface area contributed by atoms with Gasteiger partial charge in [0.2, 0.25) is 5.91 Å². The smallest absolute Gasteiger partial charge is 0.316 e. The minimum absolute atomic E-state index is 0.110. The number of ether oxygens (including phenoxy) is 1. The molecule has 1 fully saturated rings. The minimum Gasteiger partial charge on any atom is -0.467 e. The number of nitrogens with one attached hydrogen (secondary N) is 1. The fourth-order valence-electron chi connectivity index (χ4n) is 4.74. The quantitative estimate of drug-likeness (QED) is 0.604. The Morgan fingerprint density at radius 2 is 1.88 bits per heavy atom. The summed E-state index contributed by atoms with van der Waals surface area (Å²) in [7, 11) is 1.52. The highest BCUT2D eigenvalue weighted by atomic mass is 35.5. The average molecular weight is 472 g/mol. The predicted octanol–water partition coefficient (Wildman–Crippen LogP) is 4.13. The number of aromatic amines is 1. The van der Waals surface area contributed by atoms with Crippen LogP contribution in [0.15, 0.2) is 30.9 Å². The Bertz CT molecular complexity index is 1120. The zero-order valence-electron chi connectivity index (χ0n) is 17.6. The van der Waals surface area contributed by atoms with Gasteiger partial charge < -0.3 is 14.6 Å². The number of benzene rings is 1. The summed E-state index contributed by atoms with van der Waals surface area (Å²) in [6.45, 7) is 0.768. The first-order valence-electron chi connectivity index (χ1n) is 10.7. The second kappa shape index (κ2) is 8.71. The third-order valence-electron chi connectivity index (χ3n) is 6.49. The lowest BCUT2D eigenvalue weighted by atomic mass is 9.94. The number of imidazole rings is 1. The van der Waals surface area contributed by atoms with E-state index in [0.717, 1.165) is 54.6 Å². The summed E-state index contributed by atoms with van der Waals surface area (Å²) in [4.78, 5) is 31.1. The Kier molecular flexibility index (Phi) is 5.78. The van der Waals surface area contributed by atoms with Gasteiger partial charge in [0.1, 0.15) is 0 Å². The number of likely N-dealkylation sites (tertiary alicyclic amines) is 1. The Morgan fingerprint density at radius 1 is 1.12 bits per heavy atom. The zero-order chi connectivity index (χ0) is 22.2. The molecule has 3 heterocycles. The van der Waals surface area contributed by atoms with Gasteiger partial charge in [0.25, 0.3) is 0 Å². The van der Waals surface area contributed by atoms with Crippen molar-refractivity contribution >= 4 is 29.1 Å². The number of hydrogen-bond donors (Lipinski definition) is 1. The standard InChI is InChI=1S/C23H23Cl2N5O2/c1-32-23-26-10-15(11-27-23)14-7-18(24)17(19(25)8-14)6-13-4-5-30(22(13)31)16-2-3-20-21(9-16)29-12-28-20/h7-8,10-13,16H,2-6,9H2,1H3,(H,28,29)/t13?,16-/m1/s1. The van der Waals surface area contributed by atoms with Gasteiger partial charge in [0.05, 0.1) is 19.1 Å². The van der Waals surface area contributed by atoms with Crippen molar-refractivity contribution in [1.29, 1.82) is 0 Å². The summed E-state index contributed by atoms with van der Waals surface area (Å²) in [5.74, 6) is 0.0782. The first-order valence-corrected chi connectivity index (χ1v) is 11.4. The Hall–Kier alpha value is -2.64. The molecule has 1 aliphatic heterocycles. The molecule has 2 aliphatic rings. The molecule has 9 heteroatoms. The van der Waals surface area contributed by atoms with Crippen molar-refractivity contribution in [3.63, 3.8) is 0 Å². The van der Waals surface area contributed by atoms with Gasteiger partial charge in [0.15, 0.2) is 0 Å². The molecule has 0 radical (unpaired) electrons. The number of carbonyl (C=O) groups is 1. The highest BCUT2D eigenvalue weighted by Crippen LogP contribution is 2.36. The molecule has 3 aromatic rings. The molecule has 5 rings (SSSR count). The SMILES string of the molecule is COc1ncc(-c2cc(Cl)c(CC3CCN([C@@H]4CCc5[nH]cnc5C4)C3=O)c(Cl)c2)cn1. The van der Waals surface area contributed by atoms with Crippen molar-refractivity contribution in [3.8, 4) is 17.1 Å². The van der Waals surface area contributed by atoms with E-state index in [4.69, 9.17) is 27.9 Å². The van der Waals surface area contributed by atoms with Gasteiger partial charge in [-0.1, -0.05) is 23.2 Å². The van der Waals surface area contributed by atoms with Crippen molar-refractivity contribution in [1.82, 2.24) is 24.8 Å².